The number of fused-ring (bicyclic) bond motifs is 1. The topological polar surface area (TPSA) is 60.9 Å². The fourth-order valence-corrected chi connectivity index (χ4v) is 7.05. The lowest BCUT2D eigenvalue weighted by Gasteiger charge is -2.33. The molecule has 3 saturated heterocycles. The highest BCUT2D eigenvalue weighted by Crippen LogP contribution is 2.46. The zero-order valence-electron chi connectivity index (χ0n) is 17.2. The van der Waals surface area contributed by atoms with Gasteiger partial charge >= 0.3 is 0 Å². The fraction of sp³-hybridized carbons (Fsp3) is 0.667. The number of halogens is 1. The van der Waals surface area contributed by atoms with E-state index in [1.165, 1.54) is 0 Å². The normalized spacial score (nSPS) is 28.4. The van der Waals surface area contributed by atoms with E-state index in [-0.39, 0.29) is 24.1 Å². The van der Waals surface area contributed by atoms with E-state index in [2.05, 4.69) is 18.7 Å². The van der Waals surface area contributed by atoms with Crippen molar-refractivity contribution in [1.29, 1.82) is 0 Å². The molecule has 0 radical (unpaired) electrons. The van der Waals surface area contributed by atoms with Crippen LogP contribution in [0.4, 0.5) is 0 Å². The van der Waals surface area contributed by atoms with Gasteiger partial charge in [0.25, 0.3) is 0 Å². The third kappa shape index (κ3) is 3.82. The minimum absolute atomic E-state index is 0.0408. The Bertz CT molecular complexity index is 885. The lowest BCUT2D eigenvalue weighted by Crippen LogP contribution is -2.49. The molecule has 0 unspecified atom stereocenters. The Morgan fingerprint density at radius 1 is 1.17 bits per heavy atom. The molecule has 3 aliphatic rings. The van der Waals surface area contributed by atoms with Crippen LogP contribution in [0.15, 0.2) is 24.3 Å². The van der Waals surface area contributed by atoms with Crippen LogP contribution in [-0.4, -0.2) is 73.7 Å². The van der Waals surface area contributed by atoms with Gasteiger partial charge in [-0.1, -0.05) is 29.8 Å². The van der Waals surface area contributed by atoms with Crippen LogP contribution in [0.3, 0.4) is 0 Å². The molecular weight excluding hydrogens is 410 g/mol. The SMILES string of the molecule is CC(C)N1C[C@H]2CN(S(=O)(=O)Cc3ccccc3Cl)C[C@@]2(C(=O)N2CCCC2)C1. The second kappa shape index (κ2) is 7.84. The molecule has 3 fully saturated rings. The molecule has 0 spiro atoms. The minimum Gasteiger partial charge on any atom is -0.342 e. The number of carbonyl (C=O) groups is 1. The van der Waals surface area contributed by atoms with Crippen molar-refractivity contribution in [2.45, 2.75) is 38.5 Å². The summed E-state index contributed by atoms with van der Waals surface area (Å²) >= 11 is 6.20. The lowest BCUT2D eigenvalue weighted by molar-refractivity contribution is -0.141. The van der Waals surface area contributed by atoms with Crippen molar-refractivity contribution in [3.05, 3.63) is 34.9 Å². The second-order valence-corrected chi connectivity index (χ2v) is 11.4. The Hall–Kier alpha value is -1.15. The Kier molecular flexibility index (Phi) is 5.70. The molecule has 29 heavy (non-hydrogen) atoms. The van der Waals surface area contributed by atoms with E-state index in [0.717, 1.165) is 32.5 Å². The summed E-state index contributed by atoms with van der Waals surface area (Å²) in [6.07, 6.45) is 2.07. The Morgan fingerprint density at radius 3 is 2.52 bits per heavy atom. The van der Waals surface area contributed by atoms with Gasteiger partial charge in [-0.05, 0) is 38.3 Å². The summed E-state index contributed by atoms with van der Waals surface area (Å²) in [5.74, 6) is 0.0685. The number of hydrogen-bond acceptors (Lipinski definition) is 4. The highest BCUT2D eigenvalue weighted by Gasteiger charge is 2.60. The van der Waals surface area contributed by atoms with Gasteiger partial charge in [0, 0.05) is 56.3 Å². The highest BCUT2D eigenvalue weighted by atomic mass is 35.5. The van der Waals surface area contributed by atoms with Crippen molar-refractivity contribution < 1.29 is 13.2 Å². The first-order valence-electron chi connectivity index (χ1n) is 10.5. The van der Waals surface area contributed by atoms with Crippen LogP contribution in [0.1, 0.15) is 32.3 Å². The van der Waals surface area contributed by atoms with Crippen molar-refractivity contribution in [1.82, 2.24) is 14.1 Å². The van der Waals surface area contributed by atoms with E-state index in [4.69, 9.17) is 11.6 Å². The molecule has 1 aromatic carbocycles. The molecule has 3 aliphatic heterocycles. The number of sulfonamides is 1. The van der Waals surface area contributed by atoms with E-state index in [1.54, 1.807) is 28.6 Å². The summed E-state index contributed by atoms with van der Waals surface area (Å²) in [6.45, 7) is 7.97. The second-order valence-electron chi connectivity index (χ2n) is 9.02. The van der Waals surface area contributed by atoms with Crippen molar-refractivity contribution in [2.75, 3.05) is 39.3 Å². The maximum Gasteiger partial charge on any atom is 0.231 e. The molecular formula is C21H30ClN3O3S. The van der Waals surface area contributed by atoms with Crippen molar-refractivity contribution in [2.24, 2.45) is 11.3 Å². The van der Waals surface area contributed by atoms with E-state index < -0.39 is 15.4 Å². The minimum atomic E-state index is -3.55. The molecule has 8 heteroatoms. The fourth-order valence-electron chi connectivity index (χ4n) is 5.10. The number of nitrogens with zero attached hydrogens (tertiary/aromatic N) is 3. The van der Waals surface area contributed by atoms with Crippen LogP contribution in [0, 0.1) is 11.3 Å². The molecule has 3 heterocycles. The van der Waals surface area contributed by atoms with E-state index >= 15 is 0 Å². The summed E-state index contributed by atoms with van der Waals surface area (Å²) in [4.78, 5) is 17.9. The molecule has 4 rings (SSSR count). The quantitative estimate of drug-likeness (QED) is 0.707. The first kappa shape index (κ1) is 21.1. The van der Waals surface area contributed by atoms with Crippen LogP contribution in [0.2, 0.25) is 5.02 Å². The summed E-state index contributed by atoms with van der Waals surface area (Å²) < 4.78 is 28.0. The molecule has 0 N–H and O–H groups in total. The van der Waals surface area contributed by atoms with Crippen LogP contribution >= 0.6 is 11.6 Å². The van der Waals surface area contributed by atoms with Gasteiger partial charge < -0.3 is 4.90 Å². The Balaban J connectivity index is 1.59. The molecule has 1 aromatic rings. The van der Waals surface area contributed by atoms with Gasteiger partial charge in [0.05, 0.1) is 11.2 Å². The van der Waals surface area contributed by atoms with Crippen LogP contribution in [0.5, 0.6) is 0 Å². The number of carbonyl (C=O) groups excluding carboxylic acids is 1. The van der Waals surface area contributed by atoms with Gasteiger partial charge in [0.15, 0.2) is 0 Å². The molecule has 6 nitrogen and oxygen atoms in total. The standard InChI is InChI=1S/C21H30ClN3O3S/c1-16(2)24-11-18-12-25(29(27,28)13-17-7-3-4-8-19(17)22)15-21(18,14-24)20(26)23-9-5-6-10-23/h3-4,7-8,16,18H,5-6,9-15H2,1-2H3/t18-,21-/m0/s1. The summed E-state index contributed by atoms with van der Waals surface area (Å²) in [5, 5.41) is 0.462. The molecule has 1 amide bonds. The first-order valence-corrected chi connectivity index (χ1v) is 12.5. The highest BCUT2D eigenvalue weighted by molar-refractivity contribution is 7.88. The number of rotatable bonds is 5. The number of amides is 1. The van der Waals surface area contributed by atoms with Crippen molar-refractivity contribution >= 4 is 27.5 Å². The molecule has 0 saturated carbocycles. The van der Waals surface area contributed by atoms with Crippen LogP contribution in [0.25, 0.3) is 0 Å². The third-order valence-electron chi connectivity index (χ3n) is 6.84. The largest absolute Gasteiger partial charge is 0.342 e. The number of benzene rings is 1. The van der Waals surface area contributed by atoms with Crippen molar-refractivity contribution in [3.8, 4) is 0 Å². The van der Waals surface area contributed by atoms with Gasteiger partial charge in [-0.3, -0.25) is 9.69 Å². The average Bonchev–Trinajstić information content (AvgIpc) is 3.37. The van der Waals surface area contributed by atoms with Gasteiger partial charge in [0.1, 0.15) is 0 Å². The zero-order chi connectivity index (χ0) is 20.8. The summed E-state index contributed by atoms with van der Waals surface area (Å²) in [6, 6.07) is 7.40. The van der Waals surface area contributed by atoms with Crippen LogP contribution < -0.4 is 0 Å². The molecule has 0 aliphatic carbocycles. The lowest BCUT2D eigenvalue weighted by atomic mass is 9.79. The van der Waals surface area contributed by atoms with Crippen molar-refractivity contribution in [3.63, 3.8) is 0 Å². The maximum atomic E-state index is 13.6. The van der Waals surface area contributed by atoms with Gasteiger partial charge in [-0.25, -0.2) is 12.7 Å². The number of likely N-dealkylation sites (tertiary alicyclic amines) is 2. The summed E-state index contributed by atoms with van der Waals surface area (Å²) in [7, 11) is -3.55. The first-order chi connectivity index (χ1) is 13.7. The average molecular weight is 440 g/mol. The molecule has 0 bridgehead atoms. The molecule has 160 valence electrons. The van der Waals surface area contributed by atoms with Gasteiger partial charge in [0.2, 0.25) is 15.9 Å². The Labute approximate surface area is 178 Å². The monoisotopic (exact) mass is 439 g/mol. The summed E-state index contributed by atoms with van der Waals surface area (Å²) in [5.41, 5.74) is -0.0164. The zero-order valence-corrected chi connectivity index (χ0v) is 18.8. The predicted octanol–water partition coefficient (Wildman–Crippen LogP) is 2.43. The predicted molar refractivity (Wildman–Crippen MR) is 114 cm³/mol. The van der Waals surface area contributed by atoms with E-state index in [0.29, 0.717) is 29.7 Å². The Morgan fingerprint density at radius 2 is 1.86 bits per heavy atom. The number of hydrogen-bond donors (Lipinski definition) is 0. The molecule has 2 atom stereocenters. The molecule has 0 aromatic heterocycles. The van der Waals surface area contributed by atoms with Gasteiger partial charge in [-0.2, -0.15) is 0 Å². The van der Waals surface area contributed by atoms with Gasteiger partial charge in [-0.15, -0.1) is 0 Å². The maximum absolute atomic E-state index is 13.6. The van der Waals surface area contributed by atoms with E-state index in [1.807, 2.05) is 4.90 Å². The van der Waals surface area contributed by atoms with Crippen LogP contribution in [-0.2, 0) is 20.6 Å². The smallest absolute Gasteiger partial charge is 0.231 e. The third-order valence-corrected chi connectivity index (χ3v) is 8.95. The van der Waals surface area contributed by atoms with E-state index in [9.17, 15) is 13.2 Å².